The first-order chi connectivity index (χ1) is 13.0. The van der Waals surface area contributed by atoms with Gasteiger partial charge in [-0.3, -0.25) is 14.6 Å². The third-order valence-corrected chi connectivity index (χ3v) is 4.65. The van der Waals surface area contributed by atoms with E-state index >= 15 is 0 Å². The Balaban J connectivity index is 1.60. The van der Waals surface area contributed by atoms with Gasteiger partial charge in [-0.1, -0.05) is 12.1 Å². The number of hydrogen-bond donors (Lipinski definition) is 0. The van der Waals surface area contributed by atoms with Crippen molar-refractivity contribution in [3.05, 3.63) is 59.7 Å². The third kappa shape index (κ3) is 4.42. The molecule has 7 heteroatoms. The van der Waals surface area contributed by atoms with Crippen molar-refractivity contribution in [2.45, 2.75) is 19.5 Å². The van der Waals surface area contributed by atoms with E-state index in [1.807, 2.05) is 18.2 Å². The van der Waals surface area contributed by atoms with Crippen molar-refractivity contribution in [1.29, 1.82) is 0 Å². The fourth-order valence-corrected chi connectivity index (χ4v) is 3.25. The van der Waals surface area contributed by atoms with Crippen LogP contribution in [-0.2, 0) is 22.7 Å². The largest absolute Gasteiger partial charge is 0.494 e. The molecule has 0 aliphatic carbocycles. The molecule has 6 nitrogen and oxygen atoms in total. The fourth-order valence-electron chi connectivity index (χ4n) is 3.25. The maximum Gasteiger partial charge on any atom is 0.228 e. The number of likely N-dealkylation sites (tertiary alicyclic amines) is 1. The molecular weight excluding hydrogens is 349 g/mol. The minimum atomic E-state index is -0.464. The lowest BCUT2D eigenvalue weighted by Gasteiger charge is -2.21. The number of pyridine rings is 1. The van der Waals surface area contributed by atoms with Crippen molar-refractivity contribution in [2.24, 2.45) is 5.92 Å². The van der Waals surface area contributed by atoms with Crippen molar-refractivity contribution in [3.63, 3.8) is 0 Å². The first-order valence-corrected chi connectivity index (χ1v) is 8.73. The number of methoxy groups -OCH3 is 1. The van der Waals surface area contributed by atoms with Gasteiger partial charge in [0.15, 0.2) is 11.6 Å². The van der Waals surface area contributed by atoms with Gasteiger partial charge < -0.3 is 14.5 Å². The number of rotatable bonds is 6. The smallest absolute Gasteiger partial charge is 0.228 e. The summed E-state index contributed by atoms with van der Waals surface area (Å²) in [5.74, 6) is -0.868. The molecule has 1 fully saturated rings. The van der Waals surface area contributed by atoms with E-state index in [4.69, 9.17) is 4.74 Å². The molecule has 1 aromatic carbocycles. The van der Waals surface area contributed by atoms with E-state index < -0.39 is 11.7 Å². The standard InChI is InChI=1S/C20H22FN3O3/c1-23(11-14-6-7-18(27-2)17(21)9-14)20(26)15-10-19(25)24(12-15)13-16-5-3-4-8-22-16/h3-9,15H,10-13H2,1-2H3/t15-/m1/s1. The number of benzene rings is 1. The molecule has 1 aromatic heterocycles. The molecule has 1 aliphatic heterocycles. The molecule has 1 saturated heterocycles. The van der Waals surface area contributed by atoms with Gasteiger partial charge in [-0.05, 0) is 29.8 Å². The van der Waals surface area contributed by atoms with Crippen LogP contribution in [0.25, 0.3) is 0 Å². The van der Waals surface area contributed by atoms with Crippen molar-refractivity contribution in [2.75, 3.05) is 20.7 Å². The van der Waals surface area contributed by atoms with E-state index in [0.717, 1.165) is 5.69 Å². The molecule has 2 aromatic rings. The lowest BCUT2D eigenvalue weighted by atomic mass is 10.1. The van der Waals surface area contributed by atoms with Gasteiger partial charge in [0, 0.05) is 32.8 Å². The number of ether oxygens (including phenoxy) is 1. The average molecular weight is 371 g/mol. The highest BCUT2D eigenvalue weighted by atomic mass is 19.1. The second-order valence-electron chi connectivity index (χ2n) is 6.66. The van der Waals surface area contributed by atoms with Crippen LogP contribution in [0.4, 0.5) is 4.39 Å². The van der Waals surface area contributed by atoms with Crippen LogP contribution in [0.1, 0.15) is 17.7 Å². The van der Waals surface area contributed by atoms with Crippen molar-refractivity contribution in [1.82, 2.24) is 14.8 Å². The second kappa shape index (κ2) is 8.16. The predicted octanol–water partition coefficient (Wildman–Crippen LogP) is 2.24. The molecule has 0 spiro atoms. The zero-order valence-corrected chi connectivity index (χ0v) is 15.4. The maximum absolute atomic E-state index is 13.8. The Morgan fingerprint density at radius 2 is 2.19 bits per heavy atom. The van der Waals surface area contributed by atoms with E-state index in [0.29, 0.717) is 18.7 Å². The summed E-state index contributed by atoms with van der Waals surface area (Å²) in [5, 5.41) is 0. The quantitative estimate of drug-likeness (QED) is 0.781. The Hall–Kier alpha value is -2.96. The summed E-state index contributed by atoms with van der Waals surface area (Å²) in [6.45, 7) is 1.04. The minimum absolute atomic E-state index is 0.0529. The molecule has 0 N–H and O–H groups in total. The van der Waals surface area contributed by atoms with Crippen molar-refractivity contribution in [3.8, 4) is 5.75 Å². The summed E-state index contributed by atoms with van der Waals surface area (Å²) >= 11 is 0. The van der Waals surface area contributed by atoms with Gasteiger partial charge >= 0.3 is 0 Å². The monoisotopic (exact) mass is 371 g/mol. The van der Waals surface area contributed by atoms with Crippen LogP contribution in [0.15, 0.2) is 42.6 Å². The summed E-state index contributed by atoms with van der Waals surface area (Å²) in [7, 11) is 3.07. The first kappa shape index (κ1) is 18.8. The Kier molecular flexibility index (Phi) is 5.69. The molecule has 0 saturated carbocycles. The second-order valence-corrected chi connectivity index (χ2v) is 6.66. The van der Waals surface area contributed by atoms with Crippen LogP contribution in [0.3, 0.4) is 0 Å². The number of halogens is 1. The number of hydrogen-bond acceptors (Lipinski definition) is 4. The van der Waals surface area contributed by atoms with E-state index in [1.165, 1.54) is 24.1 Å². The van der Waals surface area contributed by atoms with Crippen LogP contribution in [0.2, 0.25) is 0 Å². The van der Waals surface area contributed by atoms with Crippen LogP contribution in [0.5, 0.6) is 5.75 Å². The van der Waals surface area contributed by atoms with Gasteiger partial charge in [0.25, 0.3) is 0 Å². The van der Waals surface area contributed by atoms with Gasteiger partial charge in [0.05, 0.1) is 25.3 Å². The van der Waals surface area contributed by atoms with Gasteiger partial charge in [-0.15, -0.1) is 0 Å². The molecule has 3 rings (SSSR count). The molecule has 0 unspecified atom stereocenters. The zero-order chi connectivity index (χ0) is 19.4. The number of nitrogens with zero attached hydrogens (tertiary/aromatic N) is 3. The topological polar surface area (TPSA) is 62.7 Å². The van der Waals surface area contributed by atoms with Crippen LogP contribution in [0, 0.1) is 11.7 Å². The lowest BCUT2D eigenvalue weighted by Crippen LogP contribution is -2.34. The maximum atomic E-state index is 13.8. The summed E-state index contributed by atoms with van der Waals surface area (Å²) in [6.07, 6.45) is 1.87. The fraction of sp³-hybridized carbons (Fsp3) is 0.350. The molecule has 2 heterocycles. The van der Waals surface area contributed by atoms with E-state index in [2.05, 4.69) is 4.98 Å². The Bertz CT molecular complexity index is 828. The van der Waals surface area contributed by atoms with Crippen molar-refractivity contribution < 1.29 is 18.7 Å². The molecule has 1 aliphatic rings. The molecule has 1 atom stereocenters. The van der Waals surface area contributed by atoms with Gasteiger partial charge in [0.1, 0.15) is 0 Å². The molecular formula is C20H22FN3O3. The number of amides is 2. The lowest BCUT2D eigenvalue weighted by molar-refractivity contribution is -0.135. The summed E-state index contributed by atoms with van der Waals surface area (Å²) in [4.78, 5) is 32.4. The SMILES string of the molecule is COc1ccc(CN(C)C(=O)[C@@H]2CC(=O)N(Cc3ccccn3)C2)cc1F. The third-order valence-electron chi connectivity index (χ3n) is 4.65. The van der Waals surface area contributed by atoms with E-state index in [-0.39, 0.29) is 30.5 Å². The number of aromatic nitrogens is 1. The molecule has 0 radical (unpaired) electrons. The van der Waals surface area contributed by atoms with Gasteiger partial charge in [0.2, 0.25) is 11.8 Å². The summed E-state index contributed by atoms with van der Waals surface area (Å²) in [5.41, 5.74) is 1.46. The Labute approximate surface area is 157 Å². The normalized spacial score (nSPS) is 16.5. The van der Waals surface area contributed by atoms with Crippen LogP contribution in [-0.4, -0.2) is 47.3 Å². The first-order valence-electron chi connectivity index (χ1n) is 8.73. The Morgan fingerprint density at radius 3 is 2.85 bits per heavy atom. The highest BCUT2D eigenvalue weighted by Gasteiger charge is 2.35. The summed E-state index contributed by atoms with van der Waals surface area (Å²) in [6, 6.07) is 10.2. The minimum Gasteiger partial charge on any atom is -0.494 e. The van der Waals surface area contributed by atoms with Crippen LogP contribution < -0.4 is 4.74 Å². The summed E-state index contributed by atoms with van der Waals surface area (Å²) < 4.78 is 18.7. The number of carbonyl (C=O) groups excluding carboxylic acids is 2. The van der Waals surface area contributed by atoms with Crippen LogP contribution >= 0.6 is 0 Å². The predicted molar refractivity (Wildman–Crippen MR) is 97.2 cm³/mol. The van der Waals surface area contributed by atoms with Crippen molar-refractivity contribution >= 4 is 11.8 Å². The molecule has 142 valence electrons. The molecule has 0 bridgehead atoms. The van der Waals surface area contributed by atoms with Gasteiger partial charge in [-0.25, -0.2) is 4.39 Å². The average Bonchev–Trinajstić information content (AvgIpc) is 3.02. The highest BCUT2D eigenvalue weighted by molar-refractivity contribution is 5.89. The highest BCUT2D eigenvalue weighted by Crippen LogP contribution is 2.23. The zero-order valence-electron chi connectivity index (χ0n) is 15.4. The molecule has 2 amide bonds. The Morgan fingerprint density at radius 1 is 1.37 bits per heavy atom. The van der Waals surface area contributed by atoms with Gasteiger partial charge in [-0.2, -0.15) is 0 Å². The molecule has 27 heavy (non-hydrogen) atoms. The van der Waals surface area contributed by atoms with E-state index in [9.17, 15) is 14.0 Å². The number of carbonyl (C=O) groups is 2. The van der Waals surface area contributed by atoms with E-state index in [1.54, 1.807) is 24.2 Å².